The molecule has 0 aliphatic carbocycles. The quantitative estimate of drug-likeness (QED) is 0.782. The second-order valence-corrected chi connectivity index (χ2v) is 6.24. The average Bonchev–Trinajstić information content (AvgIpc) is 2.60. The highest BCUT2D eigenvalue weighted by atomic mass is 19.4. The topological polar surface area (TPSA) is 74.0 Å². The van der Waals surface area contributed by atoms with E-state index in [4.69, 9.17) is 0 Å². The van der Waals surface area contributed by atoms with Gasteiger partial charge in [-0.1, -0.05) is 18.2 Å². The molecule has 8 heteroatoms. The lowest BCUT2D eigenvalue weighted by Crippen LogP contribution is -2.41. The van der Waals surface area contributed by atoms with Gasteiger partial charge in [0.1, 0.15) is 0 Å². The molecule has 5 nitrogen and oxygen atoms in total. The zero-order chi connectivity index (χ0) is 18.9. The molecule has 0 fully saturated rings. The molecule has 1 aromatic heterocycles. The van der Waals surface area contributed by atoms with Crippen molar-refractivity contribution in [3.63, 3.8) is 0 Å². The Kier molecular flexibility index (Phi) is 4.86. The van der Waals surface area contributed by atoms with E-state index in [1.165, 1.54) is 12.3 Å². The molecule has 0 spiro atoms. The Morgan fingerprint density at radius 1 is 1.27 bits per heavy atom. The van der Waals surface area contributed by atoms with Crippen LogP contribution in [0.1, 0.15) is 41.1 Å². The molecule has 0 saturated carbocycles. The van der Waals surface area contributed by atoms with Crippen LogP contribution in [0.15, 0.2) is 41.3 Å². The lowest BCUT2D eigenvalue weighted by molar-refractivity contribution is -0.138. The minimum absolute atomic E-state index is 0.0582. The molecular weight excluding hydrogens is 347 g/mol. The third kappa shape index (κ3) is 3.50. The first-order valence-corrected chi connectivity index (χ1v) is 8.16. The van der Waals surface area contributed by atoms with Gasteiger partial charge in [0.15, 0.2) is 0 Å². The highest BCUT2D eigenvalue weighted by Gasteiger charge is 2.37. The molecule has 26 heavy (non-hydrogen) atoms. The molecule has 0 radical (unpaired) electrons. The fourth-order valence-electron chi connectivity index (χ4n) is 3.25. The molecule has 1 amide bonds. The van der Waals surface area contributed by atoms with E-state index in [2.05, 4.69) is 15.6 Å². The van der Waals surface area contributed by atoms with Crippen LogP contribution >= 0.6 is 0 Å². The minimum Gasteiger partial charge on any atom is -0.349 e. The van der Waals surface area contributed by atoms with E-state index in [-0.39, 0.29) is 24.2 Å². The standard InChI is InChI=1S/C18H18F3N3O2/c1-10(11-5-3-7-23-16(11)25)24-17(26)14-9-22-8-13-12(14)4-2-6-15(13)18(19,20)21/h2-7,10,14,22H,8-9H2,1H3,(H,23,25)(H,24,26). The van der Waals surface area contributed by atoms with Crippen molar-refractivity contribution in [2.24, 2.45) is 0 Å². The third-order valence-corrected chi connectivity index (χ3v) is 4.53. The molecule has 3 rings (SSSR count). The van der Waals surface area contributed by atoms with Crippen molar-refractivity contribution in [1.29, 1.82) is 0 Å². The number of hydrogen-bond donors (Lipinski definition) is 3. The number of H-pyrrole nitrogens is 1. The summed E-state index contributed by atoms with van der Waals surface area (Å²) in [7, 11) is 0. The van der Waals surface area contributed by atoms with Crippen molar-refractivity contribution >= 4 is 5.91 Å². The van der Waals surface area contributed by atoms with E-state index in [1.807, 2.05) is 0 Å². The number of pyridine rings is 1. The minimum atomic E-state index is -4.48. The number of aromatic nitrogens is 1. The van der Waals surface area contributed by atoms with Gasteiger partial charge in [-0.2, -0.15) is 13.2 Å². The van der Waals surface area contributed by atoms with Gasteiger partial charge in [-0.25, -0.2) is 0 Å². The number of carbonyl (C=O) groups is 1. The van der Waals surface area contributed by atoms with Crippen LogP contribution in [0.3, 0.4) is 0 Å². The Balaban J connectivity index is 1.87. The van der Waals surface area contributed by atoms with Gasteiger partial charge in [-0.15, -0.1) is 0 Å². The Morgan fingerprint density at radius 3 is 2.73 bits per heavy atom. The number of halogens is 3. The van der Waals surface area contributed by atoms with Crippen LogP contribution < -0.4 is 16.2 Å². The summed E-state index contributed by atoms with van der Waals surface area (Å²) in [6.07, 6.45) is -2.99. The molecule has 1 aliphatic rings. The predicted molar refractivity (Wildman–Crippen MR) is 89.5 cm³/mol. The molecule has 2 aromatic rings. The first kappa shape index (κ1) is 18.2. The number of hydrogen-bond acceptors (Lipinski definition) is 3. The highest BCUT2D eigenvalue weighted by molar-refractivity contribution is 5.85. The van der Waals surface area contributed by atoms with Crippen LogP contribution in [0.4, 0.5) is 13.2 Å². The van der Waals surface area contributed by atoms with Crippen LogP contribution in [0, 0.1) is 0 Å². The molecule has 2 unspecified atom stereocenters. The summed E-state index contributed by atoms with van der Waals surface area (Å²) in [6, 6.07) is 6.57. The van der Waals surface area contributed by atoms with Gasteiger partial charge in [-0.05, 0) is 30.2 Å². The Morgan fingerprint density at radius 2 is 2.04 bits per heavy atom. The van der Waals surface area contributed by atoms with Crippen molar-refractivity contribution in [2.75, 3.05) is 6.54 Å². The normalized spacial score (nSPS) is 18.1. The summed E-state index contributed by atoms with van der Waals surface area (Å²) in [6.45, 7) is 1.95. The van der Waals surface area contributed by atoms with Gasteiger partial charge in [0.05, 0.1) is 17.5 Å². The summed E-state index contributed by atoms with van der Waals surface area (Å²) >= 11 is 0. The third-order valence-electron chi connectivity index (χ3n) is 4.53. The van der Waals surface area contributed by atoms with Crippen LogP contribution in [-0.2, 0) is 17.5 Å². The molecule has 1 aliphatic heterocycles. The van der Waals surface area contributed by atoms with E-state index in [9.17, 15) is 22.8 Å². The maximum atomic E-state index is 13.2. The van der Waals surface area contributed by atoms with Crippen molar-refractivity contribution < 1.29 is 18.0 Å². The smallest absolute Gasteiger partial charge is 0.349 e. The summed E-state index contributed by atoms with van der Waals surface area (Å²) in [5.41, 5.74) is -0.204. The van der Waals surface area contributed by atoms with E-state index in [0.717, 1.165) is 6.07 Å². The number of benzene rings is 1. The van der Waals surface area contributed by atoms with Crippen LogP contribution in [0.2, 0.25) is 0 Å². The summed E-state index contributed by atoms with van der Waals surface area (Å²) in [4.78, 5) is 27.0. The number of rotatable bonds is 3. The number of nitrogens with one attached hydrogen (secondary N) is 3. The molecule has 3 N–H and O–H groups in total. The van der Waals surface area contributed by atoms with Gasteiger partial charge in [0, 0.05) is 24.8 Å². The van der Waals surface area contributed by atoms with Gasteiger partial charge in [-0.3, -0.25) is 9.59 Å². The zero-order valence-corrected chi connectivity index (χ0v) is 14.0. The first-order chi connectivity index (χ1) is 12.3. The number of carbonyl (C=O) groups excluding carboxylic acids is 1. The van der Waals surface area contributed by atoms with Crippen molar-refractivity contribution in [3.8, 4) is 0 Å². The molecule has 138 valence electrons. The van der Waals surface area contributed by atoms with Gasteiger partial charge < -0.3 is 15.6 Å². The molecule has 2 heterocycles. The van der Waals surface area contributed by atoms with E-state index in [1.54, 1.807) is 25.1 Å². The molecule has 1 aromatic carbocycles. The molecular formula is C18H18F3N3O2. The predicted octanol–water partition coefficient (Wildman–Crippen LogP) is 2.46. The fourth-order valence-corrected chi connectivity index (χ4v) is 3.25. The Bertz CT molecular complexity index is 876. The Labute approximate surface area is 147 Å². The number of amides is 1. The van der Waals surface area contributed by atoms with Crippen molar-refractivity contribution in [2.45, 2.75) is 31.6 Å². The lowest BCUT2D eigenvalue weighted by atomic mass is 9.87. The fraction of sp³-hybridized carbons (Fsp3) is 0.333. The zero-order valence-electron chi connectivity index (χ0n) is 14.0. The molecule has 2 atom stereocenters. The molecule has 0 bridgehead atoms. The highest BCUT2D eigenvalue weighted by Crippen LogP contribution is 2.37. The number of alkyl halides is 3. The maximum absolute atomic E-state index is 13.2. The Hall–Kier alpha value is -2.61. The maximum Gasteiger partial charge on any atom is 0.416 e. The summed E-state index contributed by atoms with van der Waals surface area (Å²) in [5.74, 6) is -1.18. The second-order valence-electron chi connectivity index (χ2n) is 6.24. The van der Waals surface area contributed by atoms with Gasteiger partial charge >= 0.3 is 6.18 Å². The van der Waals surface area contributed by atoms with Crippen LogP contribution in [0.25, 0.3) is 0 Å². The van der Waals surface area contributed by atoms with Crippen LogP contribution in [0.5, 0.6) is 0 Å². The van der Waals surface area contributed by atoms with E-state index in [0.29, 0.717) is 11.1 Å². The summed E-state index contributed by atoms with van der Waals surface area (Å²) in [5, 5.41) is 5.61. The van der Waals surface area contributed by atoms with Crippen molar-refractivity contribution in [3.05, 3.63) is 69.1 Å². The number of fused-ring (bicyclic) bond motifs is 1. The summed E-state index contributed by atoms with van der Waals surface area (Å²) < 4.78 is 39.6. The lowest BCUT2D eigenvalue weighted by Gasteiger charge is -2.29. The van der Waals surface area contributed by atoms with Crippen molar-refractivity contribution in [1.82, 2.24) is 15.6 Å². The monoisotopic (exact) mass is 365 g/mol. The van der Waals surface area contributed by atoms with E-state index >= 15 is 0 Å². The van der Waals surface area contributed by atoms with Gasteiger partial charge in [0.2, 0.25) is 5.91 Å². The molecule has 0 saturated heterocycles. The first-order valence-electron chi connectivity index (χ1n) is 8.16. The van der Waals surface area contributed by atoms with E-state index < -0.39 is 29.6 Å². The average molecular weight is 365 g/mol. The SMILES string of the molecule is CC(NC(=O)C1CNCc2c1cccc2C(F)(F)F)c1ccc[nH]c1=O. The number of aromatic amines is 1. The second kappa shape index (κ2) is 6.95. The van der Waals surface area contributed by atoms with Gasteiger partial charge in [0.25, 0.3) is 5.56 Å². The van der Waals surface area contributed by atoms with Crippen LogP contribution in [-0.4, -0.2) is 17.4 Å². The largest absolute Gasteiger partial charge is 0.416 e.